The van der Waals surface area contributed by atoms with Crippen LogP contribution in [0.3, 0.4) is 0 Å². The lowest BCUT2D eigenvalue weighted by atomic mass is 10.1. The summed E-state index contributed by atoms with van der Waals surface area (Å²) in [7, 11) is 3.48. The van der Waals surface area contributed by atoms with Crippen LogP contribution in [0.2, 0.25) is 0 Å². The Hall–Kier alpha value is -5.72. The van der Waals surface area contributed by atoms with Crippen molar-refractivity contribution < 1.29 is 19.1 Å². The number of ether oxygens (including phenoxy) is 1. The van der Waals surface area contributed by atoms with E-state index in [1.165, 1.54) is 0 Å². The number of morpholine rings is 1. The number of amides is 3. The molecule has 1 saturated heterocycles. The zero-order chi connectivity index (χ0) is 33.5. The first kappa shape index (κ1) is 32.2. The Morgan fingerprint density at radius 3 is 2.21 bits per heavy atom. The van der Waals surface area contributed by atoms with E-state index in [4.69, 9.17) is 4.74 Å². The van der Waals surface area contributed by atoms with Gasteiger partial charge in [0.15, 0.2) is 0 Å². The van der Waals surface area contributed by atoms with Gasteiger partial charge in [0.25, 0.3) is 17.7 Å². The SMILES string of the molecule is Cn1cc(NC(=O)c2cc(NC(=O)c3ccc(N/C=C/c4cnc5ccccc5c4)cc3)cn2C)cc1C(=O)NCCN1CCOCC1. The summed E-state index contributed by atoms with van der Waals surface area (Å²) in [5, 5.41) is 12.9. The zero-order valence-electron chi connectivity index (χ0n) is 26.9. The van der Waals surface area contributed by atoms with E-state index in [0.717, 1.165) is 41.8 Å². The van der Waals surface area contributed by atoms with E-state index >= 15 is 0 Å². The number of carbonyl (C=O) groups excluding carboxylic acids is 3. The molecule has 1 aliphatic rings. The Morgan fingerprint density at radius 1 is 0.812 bits per heavy atom. The molecule has 0 atom stereocenters. The molecule has 3 aromatic heterocycles. The molecule has 4 heterocycles. The number of aryl methyl sites for hydroxylation is 2. The van der Waals surface area contributed by atoms with Crippen molar-refractivity contribution in [3.05, 3.63) is 114 Å². The molecule has 0 aliphatic carbocycles. The molecule has 0 spiro atoms. The molecule has 1 fully saturated rings. The number of hydrogen-bond acceptors (Lipinski definition) is 7. The molecule has 12 nitrogen and oxygen atoms in total. The fraction of sp³-hybridized carbons (Fsp3) is 0.222. The van der Waals surface area contributed by atoms with Gasteiger partial charge in [-0.05, 0) is 60.2 Å². The molecule has 0 unspecified atom stereocenters. The summed E-state index contributed by atoms with van der Waals surface area (Å²) in [6.07, 6.45) is 8.95. The molecule has 4 N–H and O–H groups in total. The van der Waals surface area contributed by atoms with Gasteiger partial charge in [0.1, 0.15) is 11.4 Å². The van der Waals surface area contributed by atoms with Crippen molar-refractivity contribution >= 4 is 51.8 Å². The summed E-state index contributed by atoms with van der Waals surface area (Å²) < 4.78 is 8.67. The Bertz CT molecular complexity index is 1950. The number of nitrogens with zero attached hydrogens (tertiary/aromatic N) is 4. The van der Waals surface area contributed by atoms with Crippen LogP contribution in [-0.4, -0.2) is 76.1 Å². The molecule has 5 aromatic rings. The number of benzene rings is 2. The van der Waals surface area contributed by atoms with Gasteiger partial charge in [0, 0.05) is 81.7 Å². The van der Waals surface area contributed by atoms with Crippen LogP contribution in [0, 0.1) is 0 Å². The summed E-state index contributed by atoms with van der Waals surface area (Å²) in [6, 6.07) is 20.4. The van der Waals surface area contributed by atoms with E-state index in [-0.39, 0.29) is 17.7 Å². The Morgan fingerprint density at radius 2 is 1.48 bits per heavy atom. The first-order valence-electron chi connectivity index (χ1n) is 15.7. The molecular weight excluding hydrogens is 608 g/mol. The van der Waals surface area contributed by atoms with E-state index in [2.05, 4.69) is 37.2 Å². The number of nitrogens with one attached hydrogen (secondary N) is 4. The quantitative estimate of drug-likeness (QED) is 0.165. The average Bonchev–Trinajstić information content (AvgIpc) is 3.66. The molecule has 0 radical (unpaired) electrons. The number of para-hydroxylation sites is 1. The Kier molecular flexibility index (Phi) is 9.93. The highest BCUT2D eigenvalue weighted by Crippen LogP contribution is 2.19. The van der Waals surface area contributed by atoms with E-state index in [1.54, 1.807) is 59.9 Å². The van der Waals surface area contributed by atoms with Crippen molar-refractivity contribution in [3.63, 3.8) is 0 Å². The van der Waals surface area contributed by atoms with Gasteiger partial charge >= 0.3 is 0 Å². The second-order valence-electron chi connectivity index (χ2n) is 11.6. The van der Waals surface area contributed by atoms with Gasteiger partial charge in [0.2, 0.25) is 0 Å². The number of hydrogen-bond donors (Lipinski definition) is 4. The summed E-state index contributed by atoms with van der Waals surface area (Å²) in [5.41, 5.74) is 4.97. The number of fused-ring (bicyclic) bond motifs is 1. The summed E-state index contributed by atoms with van der Waals surface area (Å²) in [4.78, 5) is 45.6. The van der Waals surface area contributed by atoms with Crippen LogP contribution >= 0.6 is 0 Å². The minimum absolute atomic E-state index is 0.214. The number of rotatable bonds is 11. The molecule has 48 heavy (non-hydrogen) atoms. The molecule has 3 amide bonds. The van der Waals surface area contributed by atoms with Gasteiger partial charge in [-0.15, -0.1) is 0 Å². The third-order valence-corrected chi connectivity index (χ3v) is 8.09. The molecule has 6 rings (SSSR count). The maximum atomic E-state index is 13.1. The van der Waals surface area contributed by atoms with E-state index < -0.39 is 0 Å². The monoisotopic (exact) mass is 646 g/mol. The highest BCUT2D eigenvalue weighted by Gasteiger charge is 2.18. The van der Waals surface area contributed by atoms with Gasteiger partial charge in [-0.1, -0.05) is 18.2 Å². The maximum absolute atomic E-state index is 13.1. The van der Waals surface area contributed by atoms with Crippen molar-refractivity contribution in [2.24, 2.45) is 14.1 Å². The summed E-state index contributed by atoms with van der Waals surface area (Å²) in [6.45, 7) is 4.41. The highest BCUT2D eigenvalue weighted by atomic mass is 16.5. The van der Waals surface area contributed by atoms with E-state index in [1.807, 2.05) is 54.9 Å². The summed E-state index contributed by atoms with van der Waals surface area (Å²) >= 11 is 0. The van der Waals surface area contributed by atoms with Crippen LogP contribution in [0.4, 0.5) is 17.1 Å². The number of anilines is 3. The Balaban J connectivity index is 0.999. The lowest BCUT2D eigenvalue weighted by Crippen LogP contribution is -2.41. The first-order chi connectivity index (χ1) is 23.3. The Labute approximate surface area is 278 Å². The van der Waals surface area contributed by atoms with Gasteiger partial charge in [0.05, 0.1) is 30.1 Å². The van der Waals surface area contributed by atoms with Crippen molar-refractivity contribution in [3.8, 4) is 0 Å². The molecule has 0 bridgehead atoms. The van der Waals surface area contributed by atoms with Crippen LogP contribution in [0.1, 0.15) is 36.9 Å². The van der Waals surface area contributed by atoms with Gasteiger partial charge < -0.3 is 35.1 Å². The molecule has 246 valence electrons. The molecule has 1 aliphatic heterocycles. The fourth-order valence-corrected chi connectivity index (χ4v) is 5.49. The highest BCUT2D eigenvalue weighted by molar-refractivity contribution is 6.07. The maximum Gasteiger partial charge on any atom is 0.272 e. The molecule has 12 heteroatoms. The standard InChI is InChI=1S/C36H38N8O4/c1-42-24-30(20-32(42)35(46)38-13-14-44-15-17-48-18-16-44)41-36(47)33-21-29(23-43(33)2)40-34(45)26-7-9-28(10-8-26)37-12-11-25-19-27-5-3-4-6-31(27)39-22-25/h3-12,19-24,37H,13-18H2,1-2H3,(H,38,46)(H,40,45)(H,41,47)/b12-11+. The lowest BCUT2D eigenvalue weighted by Gasteiger charge is -2.26. The third kappa shape index (κ3) is 7.97. The van der Waals surface area contributed by atoms with Gasteiger partial charge in [-0.3, -0.25) is 24.3 Å². The predicted molar refractivity (Wildman–Crippen MR) is 187 cm³/mol. The topological polar surface area (TPSA) is 135 Å². The summed E-state index contributed by atoms with van der Waals surface area (Å²) in [5.74, 6) is -0.885. The number of aromatic nitrogens is 3. The average molecular weight is 647 g/mol. The van der Waals surface area contributed by atoms with Crippen LogP contribution in [-0.2, 0) is 18.8 Å². The number of carbonyl (C=O) groups is 3. The van der Waals surface area contributed by atoms with Gasteiger partial charge in [-0.2, -0.15) is 0 Å². The molecular formula is C36H38N8O4. The van der Waals surface area contributed by atoms with Crippen molar-refractivity contribution in [2.45, 2.75) is 0 Å². The van der Waals surface area contributed by atoms with Crippen molar-refractivity contribution in [1.29, 1.82) is 0 Å². The van der Waals surface area contributed by atoms with Crippen LogP contribution < -0.4 is 21.3 Å². The van der Waals surface area contributed by atoms with E-state index in [9.17, 15) is 14.4 Å². The molecule has 2 aromatic carbocycles. The van der Waals surface area contributed by atoms with Crippen LogP contribution in [0.25, 0.3) is 17.0 Å². The third-order valence-electron chi connectivity index (χ3n) is 8.09. The van der Waals surface area contributed by atoms with E-state index in [0.29, 0.717) is 48.1 Å². The zero-order valence-corrected chi connectivity index (χ0v) is 26.9. The van der Waals surface area contributed by atoms with Crippen LogP contribution in [0.5, 0.6) is 0 Å². The lowest BCUT2D eigenvalue weighted by molar-refractivity contribution is 0.0383. The van der Waals surface area contributed by atoms with Crippen molar-refractivity contribution in [1.82, 2.24) is 24.3 Å². The first-order valence-corrected chi connectivity index (χ1v) is 15.7. The fourth-order valence-electron chi connectivity index (χ4n) is 5.49. The minimum atomic E-state index is -0.370. The largest absolute Gasteiger partial charge is 0.379 e. The normalized spacial score (nSPS) is 13.5. The minimum Gasteiger partial charge on any atom is -0.379 e. The van der Waals surface area contributed by atoms with Crippen molar-refractivity contribution in [2.75, 3.05) is 55.3 Å². The second kappa shape index (κ2) is 14.8. The van der Waals surface area contributed by atoms with Crippen LogP contribution in [0.15, 0.2) is 91.5 Å². The predicted octanol–water partition coefficient (Wildman–Crippen LogP) is 4.56. The van der Waals surface area contributed by atoms with Gasteiger partial charge in [-0.25, -0.2) is 0 Å². The molecule has 0 saturated carbocycles. The number of pyridine rings is 1. The smallest absolute Gasteiger partial charge is 0.272 e. The second-order valence-corrected chi connectivity index (χ2v) is 11.6.